The van der Waals surface area contributed by atoms with Gasteiger partial charge in [0.1, 0.15) is 12.7 Å². The SMILES string of the molecule is CC(C(=O)O)=C(OCC(O)CO)C(=O)O. The van der Waals surface area contributed by atoms with Gasteiger partial charge in [-0.25, -0.2) is 9.59 Å². The lowest BCUT2D eigenvalue weighted by Gasteiger charge is -2.11. The Bertz CT molecular complexity index is 281. The highest BCUT2D eigenvalue weighted by Gasteiger charge is 2.19. The van der Waals surface area contributed by atoms with Gasteiger partial charge < -0.3 is 25.2 Å². The van der Waals surface area contributed by atoms with Gasteiger partial charge in [-0.1, -0.05) is 0 Å². The van der Waals surface area contributed by atoms with E-state index in [9.17, 15) is 9.59 Å². The highest BCUT2D eigenvalue weighted by molar-refractivity contribution is 5.96. The van der Waals surface area contributed by atoms with Crippen molar-refractivity contribution in [2.24, 2.45) is 0 Å². The number of aliphatic hydroxyl groups is 2. The maximum absolute atomic E-state index is 10.6. The van der Waals surface area contributed by atoms with Crippen LogP contribution in [0.3, 0.4) is 0 Å². The highest BCUT2D eigenvalue weighted by Crippen LogP contribution is 2.07. The minimum atomic E-state index is -1.54. The van der Waals surface area contributed by atoms with Crippen molar-refractivity contribution in [2.45, 2.75) is 13.0 Å². The fourth-order valence-corrected chi connectivity index (χ4v) is 0.660. The van der Waals surface area contributed by atoms with E-state index in [2.05, 4.69) is 4.74 Å². The van der Waals surface area contributed by atoms with Gasteiger partial charge in [0.05, 0.1) is 12.2 Å². The van der Waals surface area contributed by atoms with Crippen LogP contribution in [-0.2, 0) is 14.3 Å². The largest absolute Gasteiger partial charge is 0.483 e. The van der Waals surface area contributed by atoms with Crippen molar-refractivity contribution in [2.75, 3.05) is 13.2 Å². The molecule has 0 rings (SSSR count). The molecule has 0 amide bonds. The van der Waals surface area contributed by atoms with E-state index in [0.29, 0.717) is 0 Å². The number of hydrogen-bond acceptors (Lipinski definition) is 5. The standard InChI is InChI=1S/C8H12O7/c1-4(7(11)12)6(8(13)14)15-3-5(10)2-9/h5,9-10H,2-3H2,1H3,(H,11,12)(H,13,14). The van der Waals surface area contributed by atoms with E-state index in [1.807, 2.05) is 0 Å². The Morgan fingerprint density at radius 2 is 1.80 bits per heavy atom. The lowest BCUT2D eigenvalue weighted by Crippen LogP contribution is -2.22. The zero-order chi connectivity index (χ0) is 12.0. The van der Waals surface area contributed by atoms with Crippen molar-refractivity contribution in [3.05, 3.63) is 11.3 Å². The Labute approximate surface area is 85.2 Å². The number of carboxylic acids is 2. The third-order valence-electron chi connectivity index (χ3n) is 1.49. The van der Waals surface area contributed by atoms with Gasteiger partial charge in [0.15, 0.2) is 0 Å². The number of hydrogen-bond donors (Lipinski definition) is 4. The Kier molecular flexibility index (Phi) is 5.35. The second-order valence-corrected chi connectivity index (χ2v) is 2.71. The van der Waals surface area contributed by atoms with Crippen molar-refractivity contribution in [1.82, 2.24) is 0 Å². The van der Waals surface area contributed by atoms with Crippen molar-refractivity contribution in [3.8, 4) is 0 Å². The molecular weight excluding hydrogens is 208 g/mol. The van der Waals surface area contributed by atoms with Gasteiger partial charge >= 0.3 is 11.9 Å². The van der Waals surface area contributed by atoms with Crippen LogP contribution in [0.2, 0.25) is 0 Å². The van der Waals surface area contributed by atoms with E-state index in [0.717, 1.165) is 6.92 Å². The Balaban J connectivity index is 4.63. The molecule has 0 radical (unpaired) electrons. The number of aliphatic carboxylic acids is 2. The van der Waals surface area contributed by atoms with Gasteiger partial charge in [-0.05, 0) is 6.92 Å². The second kappa shape index (κ2) is 5.99. The smallest absolute Gasteiger partial charge is 0.371 e. The fourth-order valence-electron chi connectivity index (χ4n) is 0.660. The minimum absolute atomic E-state index is 0.479. The first-order chi connectivity index (χ1) is 6.90. The fraction of sp³-hybridized carbons (Fsp3) is 0.500. The number of aliphatic hydroxyl groups excluding tert-OH is 2. The second-order valence-electron chi connectivity index (χ2n) is 2.71. The number of ether oxygens (including phenoxy) is 1. The molecule has 1 atom stereocenters. The lowest BCUT2D eigenvalue weighted by molar-refractivity contribution is -0.139. The Hall–Kier alpha value is -1.60. The van der Waals surface area contributed by atoms with Gasteiger partial charge in [0.2, 0.25) is 5.76 Å². The van der Waals surface area contributed by atoms with Crippen LogP contribution in [0, 0.1) is 0 Å². The number of carbonyl (C=O) groups is 2. The molecule has 0 bridgehead atoms. The summed E-state index contributed by atoms with van der Waals surface area (Å²) < 4.78 is 4.57. The van der Waals surface area contributed by atoms with E-state index >= 15 is 0 Å². The normalized spacial score (nSPS) is 14.1. The van der Waals surface area contributed by atoms with Crippen molar-refractivity contribution in [1.29, 1.82) is 0 Å². The van der Waals surface area contributed by atoms with Crippen LogP contribution in [0.25, 0.3) is 0 Å². The molecule has 0 saturated carbocycles. The molecule has 0 aliphatic carbocycles. The molecule has 7 nitrogen and oxygen atoms in total. The number of rotatable bonds is 6. The summed E-state index contributed by atoms with van der Waals surface area (Å²) in [7, 11) is 0. The molecule has 0 aromatic heterocycles. The first-order valence-electron chi connectivity index (χ1n) is 3.99. The molecule has 0 aliphatic heterocycles. The zero-order valence-electron chi connectivity index (χ0n) is 8.01. The molecule has 0 saturated heterocycles. The first-order valence-corrected chi connectivity index (χ1v) is 3.99. The third kappa shape index (κ3) is 4.43. The summed E-state index contributed by atoms with van der Waals surface area (Å²) in [6.07, 6.45) is -1.25. The monoisotopic (exact) mass is 220 g/mol. The van der Waals surface area contributed by atoms with Gasteiger partial charge in [0, 0.05) is 0 Å². The van der Waals surface area contributed by atoms with Crippen molar-refractivity contribution < 1.29 is 34.8 Å². The summed E-state index contributed by atoms with van der Waals surface area (Å²) in [5.74, 6) is -3.72. The molecule has 15 heavy (non-hydrogen) atoms. The van der Waals surface area contributed by atoms with Crippen LogP contribution < -0.4 is 0 Å². The average molecular weight is 220 g/mol. The van der Waals surface area contributed by atoms with Crippen LogP contribution in [0.1, 0.15) is 6.92 Å². The molecule has 86 valence electrons. The zero-order valence-corrected chi connectivity index (χ0v) is 8.01. The summed E-state index contributed by atoms with van der Waals surface area (Å²) >= 11 is 0. The van der Waals surface area contributed by atoms with Crippen molar-refractivity contribution >= 4 is 11.9 Å². The van der Waals surface area contributed by atoms with E-state index in [4.69, 9.17) is 20.4 Å². The van der Waals surface area contributed by atoms with Gasteiger partial charge in [-0.3, -0.25) is 0 Å². The molecule has 1 unspecified atom stereocenters. The first kappa shape index (κ1) is 13.4. The molecule has 0 aliphatic rings. The maximum atomic E-state index is 10.6. The molecular formula is C8H12O7. The van der Waals surface area contributed by atoms with Gasteiger partial charge in [-0.15, -0.1) is 0 Å². The summed E-state index contributed by atoms with van der Waals surface area (Å²) in [6, 6.07) is 0. The molecule has 0 aromatic rings. The molecule has 0 fully saturated rings. The van der Waals surface area contributed by atoms with Gasteiger partial charge in [0.25, 0.3) is 0 Å². The minimum Gasteiger partial charge on any atom is -0.483 e. The lowest BCUT2D eigenvalue weighted by atomic mass is 10.2. The molecule has 7 heteroatoms. The molecule has 0 aromatic carbocycles. The molecule has 0 heterocycles. The predicted octanol–water partition coefficient (Wildman–Crippen LogP) is -1.20. The van der Waals surface area contributed by atoms with Gasteiger partial charge in [-0.2, -0.15) is 0 Å². The number of carboxylic acid groups (broad SMARTS) is 2. The summed E-state index contributed by atoms with van der Waals surface area (Å²) in [4.78, 5) is 21.0. The highest BCUT2D eigenvalue weighted by atomic mass is 16.5. The Morgan fingerprint density at radius 3 is 2.13 bits per heavy atom. The van der Waals surface area contributed by atoms with Crippen LogP contribution >= 0.6 is 0 Å². The topological polar surface area (TPSA) is 124 Å². The predicted molar refractivity (Wildman–Crippen MR) is 47.0 cm³/mol. The van der Waals surface area contributed by atoms with Crippen LogP contribution in [-0.4, -0.2) is 51.7 Å². The van der Waals surface area contributed by atoms with Crippen LogP contribution in [0.15, 0.2) is 11.3 Å². The maximum Gasteiger partial charge on any atom is 0.371 e. The van der Waals surface area contributed by atoms with E-state index in [1.165, 1.54) is 0 Å². The summed E-state index contributed by atoms with van der Waals surface area (Å²) in [6.45, 7) is -0.0150. The Morgan fingerprint density at radius 1 is 1.27 bits per heavy atom. The summed E-state index contributed by atoms with van der Waals surface area (Å²) in [5.41, 5.74) is -0.479. The van der Waals surface area contributed by atoms with Crippen LogP contribution in [0.5, 0.6) is 0 Å². The van der Waals surface area contributed by atoms with Crippen molar-refractivity contribution in [3.63, 3.8) is 0 Å². The van der Waals surface area contributed by atoms with E-state index in [-0.39, 0.29) is 0 Å². The molecule has 0 spiro atoms. The van der Waals surface area contributed by atoms with E-state index < -0.39 is 42.6 Å². The van der Waals surface area contributed by atoms with Crippen LogP contribution in [0.4, 0.5) is 0 Å². The quantitative estimate of drug-likeness (QED) is 0.327. The summed E-state index contributed by atoms with van der Waals surface area (Å²) in [5, 5.41) is 34.4. The molecule has 4 N–H and O–H groups in total. The van der Waals surface area contributed by atoms with E-state index in [1.54, 1.807) is 0 Å². The third-order valence-corrected chi connectivity index (χ3v) is 1.49. The average Bonchev–Trinajstić information content (AvgIpc) is 2.16.